The summed E-state index contributed by atoms with van der Waals surface area (Å²) in [4.78, 5) is 0. The molecule has 0 bridgehead atoms. The maximum atomic E-state index is 2.38. The molecule has 0 radical (unpaired) electrons. The molecule has 0 N–H and O–H groups in total. The number of hydrogen-bond donors (Lipinski definition) is 0. The van der Waals surface area contributed by atoms with Crippen LogP contribution in [0.4, 0.5) is 0 Å². The number of rotatable bonds is 0. The van der Waals surface area contributed by atoms with E-state index >= 15 is 0 Å². The van der Waals surface area contributed by atoms with Crippen molar-refractivity contribution in [2.75, 3.05) is 0 Å². The fourth-order valence-corrected chi connectivity index (χ4v) is 6.31. The highest BCUT2D eigenvalue weighted by atomic mass is 32.2. The van der Waals surface area contributed by atoms with Gasteiger partial charge in [-0.05, 0) is 18.3 Å². The van der Waals surface area contributed by atoms with Gasteiger partial charge in [-0.15, -0.1) is 23.5 Å². The smallest absolute Gasteiger partial charge is 0.0557 e. The molecule has 0 amide bonds. The van der Waals surface area contributed by atoms with Crippen molar-refractivity contribution >= 4 is 23.5 Å². The van der Waals surface area contributed by atoms with Crippen molar-refractivity contribution in [2.45, 2.75) is 61.5 Å². The third-order valence-corrected chi connectivity index (χ3v) is 7.52. The molecule has 2 fully saturated rings. The van der Waals surface area contributed by atoms with Gasteiger partial charge in [0.2, 0.25) is 0 Å². The second kappa shape index (κ2) is 3.69. The minimum atomic E-state index is 0.493. The van der Waals surface area contributed by atoms with Gasteiger partial charge in [-0.3, -0.25) is 0 Å². The third-order valence-electron chi connectivity index (χ3n) is 2.95. The summed E-state index contributed by atoms with van der Waals surface area (Å²) in [5, 5.41) is 1.98. The van der Waals surface area contributed by atoms with E-state index < -0.39 is 0 Å². The summed E-state index contributed by atoms with van der Waals surface area (Å²) in [6.45, 7) is 7.15. The molecule has 1 saturated heterocycles. The van der Waals surface area contributed by atoms with E-state index in [2.05, 4.69) is 44.3 Å². The number of fused-ring (bicyclic) bond motifs is 1. The first-order valence-electron chi connectivity index (χ1n) is 5.38. The van der Waals surface area contributed by atoms with E-state index in [1.807, 2.05) is 0 Å². The van der Waals surface area contributed by atoms with Gasteiger partial charge in [0.15, 0.2) is 0 Å². The molecule has 2 rings (SSSR count). The number of thioether (sulfide) groups is 2. The van der Waals surface area contributed by atoms with Crippen molar-refractivity contribution in [3.05, 3.63) is 0 Å². The predicted octanol–water partition coefficient (Wildman–Crippen LogP) is 4.15. The summed E-state index contributed by atoms with van der Waals surface area (Å²) in [5.41, 5.74) is 0.493. The van der Waals surface area contributed by atoms with Gasteiger partial charge in [-0.1, -0.05) is 33.6 Å². The molecule has 0 aromatic rings. The second-order valence-electron chi connectivity index (χ2n) is 5.33. The molecule has 1 aliphatic heterocycles. The van der Waals surface area contributed by atoms with Crippen molar-refractivity contribution in [1.82, 2.24) is 0 Å². The van der Waals surface area contributed by atoms with Crippen LogP contribution in [0.15, 0.2) is 0 Å². The molecule has 0 aromatic carbocycles. The van der Waals surface area contributed by atoms with E-state index in [1.54, 1.807) is 0 Å². The molecule has 1 aliphatic carbocycles. The van der Waals surface area contributed by atoms with Crippen LogP contribution in [0, 0.1) is 5.41 Å². The van der Waals surface area contributed by atoms with Crippen molar-refractivity contribution < 1.29 is 0 Å². The van der Waals surface area contributed by atoms with E-state index in [4.69, 9.17) is 0 Å². The molecule has 13 heavy (non-hydrogen) atoms. The Bertz CT molecular complexity index is 169. The van der Waals surface area contributed by atoms with Crippen molar-refractivity contribution in [1.29, 1.82) is 0 Å². The zero-order valence-corrected chi connectivity index (χ0v) is 10.5. The predicted molar refractivity (Wildman–Crippen MR) is 64.5 cm³/mol. The van der Waals surface area contributed by atoms with Gasteiger partial charge in [0.05, 0.1) is 4.58 Å². The van der Waals surface area contributed by atoms with Crippen LogP contribution in [0.3, 0.4) is 0 Å². The van der Waals surface area contributed by atoms with Crippen LogP contribution >= 0.6 is 23.5 Å². The highest BCUT2D eigenvalue weighted by Crippen LogP contribution is 2.55. The first kappa shape index (κ1) is 10.2. The topological polar surface area (TPSA) is 0 Å². The highest BCUT2D eigenvalue weighted by molar-refractivity contribution is 8.20. The number of hydrogen-bond acceptors (Lipinski definition) is 2. The van der Waals surface area contributed by atoms with E-state index in [1.165, 1.54) is 25.7 Å². The first-order chi connectivity index (χ1) is 6.07. The lowest BCUT2D eigenvalue weighted by molar-refractivity contribution is 0.461. The van der Waals surface area contributed by atoms with E-state index in [9.17, 15) is 0 Å². The first-order valence-corrected chi connectivity index (χ1v) is 7.27. The zero-order valence-electron chi connectivity index (χ0n) is 8.88. The van der Waals surface area contributed by atoms with Crippen LogP contribution in [-0.4, -0.2) is 15.1 Å². The molecule has 2 unspecified atom stereocenters. The summed E-state index contributed by atoms with van der Waals surface area (Å²) in [7, 11) is 0. The van der Waals surface area contributed by atoms with Gasteiger partial charge in [-0.2, -0.15) is 0 Å². The summed E-state index contributed by atoms with van der Waals surface area (Å²) >= 11 is 4.53. The lowest BCUT2D eigenvalue weighted by Gasteiger charge is -2.25. The lowest BCUT2D eigenvalue weighted by atomic mass is 10.00. The molecular weight excluding hydrogens is 196 g/mol. The molecule has 2 heteroatoms. The fraction of sp³-hybridized carbons (Fsp3) is 1.00. The highest BCUT2D eigenvalue weighted by Gasteiger charge is 2.41. The minimum absolute atomic E-state index is 0.493. The monoisotopic (exact) mass is 216 g/mol. The van der Waals surface area contributed by atoms with Crippen molar-refractivity contribution in [3.63, 3.8) is 0 Å². The molecule has 76 valence electrons. The summed E-state index contributed by atoms with van der Waals surface area (Å²) < 4.78 is 0.848. The van der Waals surface area contributed by atoms with E-state index in [-0.39, 0.29) is 0 Å². The molecule has 0 spiro atoms. The van der Waals surface area contributed by atoms with Gasteiger partial charge < -0.3 is 0 Å². The van der Waals surface area contributed by atoms with Crippen molar-refractivity contribution in [2.24, 2.45) is 5.41 Å². The van der Waals surface area contributed by atoms with Gasteiger partial charge >= 0.3 is 0 Å². The quantitative estimate of drug-likeness (QED) is 0.596. The summed E-state index contributed by atoms with van der Waals surface area (Å²) in [5.74, 6) is 0. The van der Waals surface area contributed by atoms with Gasteiger partial charge in [0.1, 0.15) is 0 Å². The van der Waals surface area contributed by atoms with Gasteiger partial charge in [0.25, 0.3) is 0 Å². The standard InChI is InChI=1S/C11H20S2/c1-11(2,3)10-12-8-6-4-5-7-9(8)13-10/h8-10H,4-7H2,1-3H3. The van der Waals surface area contributed by atoms with Gasteiger partial charge in [-0.25, -0.2) is 0 Å². The average Bonchev–Trinajstić information content (AvgIpc) is 2.45. The Labute approximate surface area is 90.6 Å². The molecule has 2 aliphatic rings. The summed E-state index contributed by atoms with van der Waals surface area (Å²) in [6.07, 6.45) is 5.92. The fourth-order valence-electron chi connectivity index (χ4n) is 2.13. The third kappa shape index (κ3) is 2.20. The average molecular weight is 216 g/mol. The molecule has 1 saturated carbocycles. The largest absolute Gasteiger partial charge is 0.142 e. The maximum absolute atomic E-state index is 2.38. The SMILES string of the molecule is CC(C)(C)C1SC2CCCCC2S1. The van der Waals surface area contributed by atoms with Crippen LogP contribution in [0.1, 0.15) is 46.5 Å². The Kier molecular flexibility index (Phi) is 2.90. The molecular formula is C11H20S2. The normalized spacial score (nSPS) is 40.4. The Morgan fingerprint density at radius 2 is 1.38 bits per heavy atom. The van der Waals surface area contributed by atoms with E-state index in [0.717, 1.165) is 15.1 Å². The maximum Gasteiger partial charge on any atom is 0.0557 e. The Morgan fingerprint density at radius 3 is 1.77 bits per heavy atom. The Balaban J connectivity index is 1.99. The van der Waals surface area contributed by atoms with Crippen molar-refractivity contribution in [3.8, 4) is 0 Å². The minimum Gasteiger partial charge on any atom is -0.142 e. The van der Waals surface area contributed by atoms with Crippen LogP contribution in [-0.2, 0) is 0 Å². The molecule has 2 atom stereocenters. The zero-order chi connectivity index (χ0) is 9.47. The Morgan fingerprint density at radius 1 is 0.923 bits per heavy atom. The van der Waals surface area contributed by atoms with Crippen LogP contribution in [0.5, 0.6) is 0 Å². The van der Waals surface area contributed by atoms with Crippen LogP contribution in [0.2, 0.25) is 0 Å². The molecule has 0 nitrogen and oxygen atoms in total. The molecule has 1 heterocycles. The van der Waals surface area contributed by atoms with E-state index in [0.29, 0.717) is 5.41 Å². The van der Waals surface area contributed by atoms with Gasteiger partial charge in [0, 0.05) is 10.5 Å². The lowest BCUT2D eigenvalue weighted by Crippen LogP contribution is -2.19. The molecule has 0 aromatic heterocycles. The summed E-state index contributed by atoms with van der Waals surface area (Å²) in [6, 6.07) is 0. The van der Waals surface area contributed by atoms with Crippen LogP contribution < -0.4 is 0 Å². The second-order valence-corrected chi connectivity index (χ2v) is 8.33. The Hall–Kier alpha value is 0.700. The van der Waals surface area contributed by atoms with Crippen LogP contribution in [0.25, 0.3) is 0 Å².